The Kier molecular flexibility index (Phi) is 14.8. The van der Waals surface area contributed by atoms with E-state index in [0.717, 1.165) is 17.7 Å². The molecule has 2 aliphatic carbocycles. The third kappa shape index (κ3) is 9.35. The molecule has 0 saturated heterocycles. The van der Waals surface area contributed by atoms with Crippen LogP contribution in [0.2, 0.25) is 0 Å². The van der Waals surface area contributed by atoms with Crippen molar-refractivity contribution in [3.05, 3.63) is 89.5 Å². The van der Waals surface area contributed by atoms with Gasteiger partial charge < -0.3 is 5.73 Å². The van der Waals surface area contributed by atoms with Crippen LogP contribution in [0.25, 0.3) is 11.1 Å². The third-order valence-corrected chi connectivity index (χ3v) is 12.5. The molecule has 0 aromatic heterocycles. The molecule has 41 heavy (non-hydrogen) atoms. The second-order valence-electron chi connectivity index (χ2n) is 12.6. The number of hydrogen-bond donors (Lipinski definition) is 1. The van der Waals surface area contributed by atoms with Crippen molar-refractivity contribution in [1.82, 2.24) is 0 Å². The van der Waals surface area contributed by atoms with Gasteiger partial charge in [0, 0.05) is 20.4 Å². The van der Waals surface area contributed by atoms with Gasteiger partial charge >= 0.3 is 0 Å². The van der Waals surface area contributed by atoms with Crippen molar-refractivity contribution in [1.29, 1.82) is 0 Å². The molecule has 3 aromatic carbocycles. The number of benzene rings is 3. The SMILES string of the molecule is CC(C)c1cccc(C(C)C)c1-c1ccccc1P(C1CCCCC1)C1CCCCC1.NCCc1[c-]cccc1.[Pd]. The van der Waals surface area contributed by atoms with Gasteiger partial charge in [0.15, 0.2) is 0 Å². The van der Waals surface area contributed by atoms with Crippen LogP contribution in [0.15, 0.2) is 66.7 Å². The van der Waals surface area contributed by atoms with Crippen molar-refractivity contribution in [3.63, 3.8) is 0 Å². The second kappa shape index (κ2) is 17.7. The topological polar surface area (TPSA) is 26.0 Å². The van der Waals surface area contributed by atoms with E-state index < -0.39 is 0 Å². The van der Waals surface area contributed by atoms with Gasteiger partial charge in [-0.05, 0) is 89.4 Å². The normalized spacial score (nSPS) is 16.4. The van der Waals surface area contributed by atoms with Crippen molar-refractivity contribution in [2.45, 2.75) is 121 Å². The van der Waals surface area contributed by atoms with Crippen molar-refractivity contribution in [3.8, 4) is 11.1 Å². The van der Waals surface area contributed by atoms with Crippen LogP contribution >= 0.6 is 7.92 Å². The van der Waals surface area contributed by atoms with E-state index in [0.29, 0.717) is 18.4 Å². The van der Waals surface area contributed by atoms with E-state index in [4.69, 9.17) is 5.73 Å². The van der Waals surface area contributed by atoms with E-state index in [9.17, 15) is 0 Å². The van der Waals surface area contributed by atoms with Crippen molar-refractivity contribution < 1.29 is 20.4 Å². The van der Waals surface area contributed by atoms with E-state index >= 15 is 0 Å². The molecule has 2 aliphatic rings. The molecule has 0 aliphatic heterocycles. The zero-order valence-electron chi connectivity index (χ0n) is 26.0. The van der Waals surface area contributed by atoms with Crippen LogP contribution in [0.3, 0.4) is 0 Å². The Morgan fingerprint density at radius 2 is 1.24 bits per heavy atom. The summed E-state index contributed by atoms with van der Waals surface area (Å²) in [7, 11) is -0.0998. The molecule has 2 saturated carbocycles. The van der Waals surface area contributed by atoms with Gasteiger partial charge in [-0.2, -0.15) is 35.9 Å². The minimum Gasteiger partial charge on any atom is -0.330 e. The average Bonchev–Trinajstić information content (AvgIpc) is 2.99. The number of rotatable bonds is 8. The van der Waals surface area contributed by atoms with Gasteiger partial charge in [-0.3, -0.25) is 0 Å². The standard InChI is InChI=1S/C30H43P.C8H10N.Pd/c1-22(2)26-19-13-20-27(23(3)4)30(26)28-18-11-12-21-29(28)31(24-14-7-5-8-15-24)25-16-9-6-10-17-25;9-7-6-8-4-2-1-3-5-8;/h11-13,18-25H,5-10,14-17H2,1-4H3;1-4H,6-7,9H2;/q;-1;. The molecule has 3 aromatic rings. The first kappa shape index (κ1) is 34.2. The molecular weight excluding hydrogens is 608 g/mol. The fraction of sp³-hybridized carbons (Fsp3) is 0.526. The summed E-state index contributed by atoms with van der Waals surface area (Å²) < 4.78 is 0. The molecule has 0 radical (unpaired) electrons. The Hall–Kier alpha value is -1.29. The van der Waals surface area contributed by atoms with Crippen LogP contribution < -0.4 is 11.0 Å². The third-order valence-electron chi connectivity index (χ3n) is 8.95. The van der Waals surface area contributed by atoms with Crippen LogP contribution in [0.5, 0.6) is 0 Å². The van der Waals surface area contributed by atoms with Crippen LogP contribution in [0, 0.1) is 6.07 Å². The summed E-state index contributed by atoms with van der Waals surface area (Å²) in [5, 5.41) is 1.74. The summed E-state index contributed by atoms with van der Waals surface area (Å²) in [5.74, 6) is 1.11. The van der Waals surface area contributed by atoms with E-state index in [1.807, 2.05) is 24.3 Å². The molecule has 0 bridgehead atoms. The van der Waals surface area contributed by atoms with Gasteiger partial charge in [-0.25, -0.2) is 0 Å². The van der Waals surface area contributed by atoms with Gasteiger partial charge in [-0.15, -0.1) is 0 Å². The molecule has 0 unspecified atom stereocenters. The minimum absolute atomic E-state index is 0. The largest absolute Gasteiger partial charge is 0.330 e. The average molecular weight is 661 g/mol. The van der Waals surface area contributed by atoms with Gasteiger partial charge in [0.05, 0.1) is 0 Å². The second-order valence-corrected chi connectivity index (χ2v) is 15.3. The zero-order valence-corrected chi connectivity index (χ0v) is 28.4. The first-order valence-electron chi connectivity index (χ1n) is 16.2. The Morgan fingerprint density at radius 1 is 0.707 bits per heavy atom. The molecule has 3 heteroatoms. The molecule has 0 atom stereocenters. The molecule has 2 N–H and O–H groups in total. The van der Waals surface area contributed by atoms with Crippen molar-refractivity contribution in [2.75, 3.05) is 6.54 Å². The summed E-state index contributed by atoms with van der Waals surface area (Å²) >= 11 is 0. The molecule has 1 nitrogen and oxygen atoms in total. The van der Waals surface area contributed by atoms with E-state index in [1.54, 1.807) is 27.6 Å². The van der Waals surface area contributed by atoms with Crippen molar-refractivity contribution >= 4 is 13.2 Å². The number of hydrogen-bond acceptors (Lipinski definition) is 1. The Bertz CT molecular complexity index is 1100. The molecule has 0 spiro atoms. The summed E-state index contributed by atoms with van der Waals surface area (Å²) in [6.07, 6.45) is 15.6. The van der Waals surface area contributed by atoms with Crippen LogP contribution in [0.1, 0.15) is 120 Å². The Morgan fingerprint density at radius 3 is 1.73 bits per heavy atom. The van der Waals surface area contributed by atoms with Gasteiger partial charge in [0.1, 0.15) is 0 Å². The minimum atomic E-state index is -0.0998. The smallest absolute Gasteiger partial charge is 0 e. The maximum Gasteiger partial charge on any atom is 0 e. The maximum absolute atomic E-state index is 5.34. The maximum atomic E-state index is 5.34. The molecule has 2 fully saturated rings. The summed E-state index contributed by atoms with van der Waals surface area (Å²) in [6.45, 7) is 10.2. The summed E-state index contributed by atoms with van der Waals surface area (Å²) in [4.78, 5) is 0. The molecule has 226 valence electrons. The summed E-state index contributed by atoms with van der Waals surface area (Å²) in [5.41, 5.74) is 14.7. The molecule has 0 heterocycles. The monoisotopic (exact) mass is 660 g/mol. The van der Waals surface area contributed by atoms with E-state index in [1.165, 1.54) is 69.8 Å². The van der Waals surface area contributed by atoms with Crippen LogP contribution in [-0.2, 0) is 26.8 Å². The number of nitrogens with two attached hydrogens (primary N) is 1. The molecular formula is C38H53NPPd-. The van der Waals surface area contributed by atoms with Crippen LogP contribution in [0.4, 0.5) is 0 Å². The van der Waals surface area contributed by atoms with Gasteiger partial charge in [0.2, 0.25) is 0 Å². The summed E-state index contributed by atoms with van der Waals surface area (Å²) in [6, 6.07) is 27.7. The predicted molar refractivity (Wildman–Crippen MR) is 178 cm³/mol. The Labute approximate surface area is 266 Å². The Balaban J connectivity index is 0.000000396. The van der Waals surface area contributed by atoms with E-state index in [-0.39, 0.29) is 28.3 Å². The zero-order chi connectivity index (χ0) is 28.3. The molecule has 0 amide bonds. The fourth-order valence-corrected chi connectivity index (χ4v) is 10.9. The van der Waals surface area contributed by atoms with Gasteiger partial charge in [0.25, 0.3) is 0 Å². The molecule has 5 rings (SSSR count). The van der Waals surface area contributed by atoms with Gasteiger partial charge in [-0.1, -0.05) is 117 Å². The van der Waals surface area contributed by atoms with Crippen molar-refractivity contribution in [2.24, 2.45) is 5.73 Å². The first-order chi connectivity index (χ1) is 19.5. The predicted octanol–water partition coefficient (Wildman–Crippen LogP) is 10.4. The quantitative estimate of drug-likeness (QED) is 0.145. The van der Waals surface area contributed by atoms with Crippen LogP contribution in [-0.4, -0.2) is 17.9 Å². The van der Waals surface area contributed by atoms with E-state index in [2.05, 4.69) is 76.2 Å². The fourth-order valence-electron chi connectivity index (χ4n) is 6.92. The first-order valence-corrected chi connectivity index (χ1v) is 17.7.